The molecule has 0 aromatic rings. The van der Waals surface area contributed by atoms with Crippen molar-refractivity contribution < 1.29 is 14.3 Å². The van der Waals surface area contributed by atoms with Crippen molar-refractivity contribution in [3.05, 3.63) is 0 Å². The van der Waals surface area contributed by atoms with Gasteiger partial charge in [-0.25, -0.2) is 4.99 Å². The van der Waals surface area contributed by atoms with Crippen molar-refractivity contribution in [3.63, 3.8) is 0 Å². The van der Waals surface area contributed by atoms with Crippen molar-refractivity contribution in [3.8, 4) is 0 Å². The van der Waals surface area contributed by atoms with E-state index >= 15 is 0 Å². The molecule has 2 N–H and O–H groups in total. The van der Waals surface area contributed by atoms with Crippen LogP contribution < -0.4 is 10.6 Å². The molecule has 1 aliphatic rings. The first-order chi connectivity index (χ1) is 11.4. The van der Waals surface area contributed by atoms with E-state index in [1.807, 2.05) is 27.7 Å². The molecule has 0 spiro atoms. The van der Waals surface area contributed by atoms with Crippen LogP contribution in [0.15, 0.2) is 4.99 Å². The number of carbonyl (C=O) groups excluding carboxylic acids is 1. The number of methoxy groups -OCH3 is 1. The molecule has 0 aliphatic carbocycles. The van der Waals surface area contributed by atoms with E-state index in [1.165, 1.54) is 0 Å². The Bertz CT molecular complexity index is 407. The van der Waals surface area contributed by atoms with E-state index in [-0.39, 0.29) is 18.0 Å². The molecule has 1 amide bonds. The van der Waals surface area contributed by atoms with Crippen LogP contribution in [0.1, 0.15) is 34.1 Å². The van der Waals surface area contributed by atoms with Crippen LogP contribution >= 0.6 is 0 Å². The molecule has 1 fully saturated rings. The fraction of sp³-hybridized carbons (Fsp3) is 0.882. The van der Waals surface area contributed by atoms with Gasteiger partial charge in [0.05, 0.1) is 19.8 Å². The Hall–Kier alpha value is -1.34. The highest BCUT2D eigenvalue weighted by atomic mass is 16.5. The van der Waals surface area contributed by atoms with Gasteiger partial charge in [0.25, 0.3) is 0 Å². The second kappa shape index (κ2) is 10.5. The Balaban J connectivity index is 2.47. The number of guanidine groups is 1. The molecule has 1 aliphatic heterocycles. The molecule has 0 saturated carbocycles. The lowest BCUT2D eigenvalue weighted by molar-refractivity contribution is -0.121. The first-order valence-electron chi connectivity index (χ1n) is 8.76. The van der Waals surface area contributed by atoms with Crippen LogP contribution in [-0.4, -0.2) is 75.4 Å². The van der Waals surface area contributed by atoms with Crippen molar-refractivity contribution in [1.29, 1.82) is 0 Å². The van der Waals surface area contributed by atoms with Gasteiger partial charge in [0.2, 0.25) is 5.91 Å². The second-order valence-electron chi connectivity index (χ2n) is 7.14. The van der Waals surface area contributed by atoms with Crippen LogP contribution in [0, 0.1) is 5.92 Å². The van der Waals surface area contributed by atoms with Crippen molar-refractivity contribution in [2.24, 2.45) is 10.9 Å². The summed E-state index contributed by atoms with van der Waals surface area (Å²) in [5.74, 6) is 1.24. The zero-order chi connectivity index (χ0) is 18.0. The van der Waals surface area contributed by atoms with Gasteiger partial charge in [-0.05, 0) is 34.1 Å². The lowest BCUT2D eigenvalue weighted by Crippen LogP contribution is -2.44. The van der Waals surface area contributed by atoms with Crippen LogP contribution in [0.4, 0.5) is 0 Å². The van der Waals surface area contributed by atoms with Crippen LogP contribution in [0.25, 0.3) is 0 Å². The fourth-order valence-corrected chi connectivity index (χ4v) is 2.58. The number of hydrogen-bond donors (Lipinski definition) is 2. The maximum atomic E-state index is 12.0. The number of carbonyl (C=O) groups is 1. The lowest BCUT2D eigenvalue weighted by atomic mass is 10.1. The maximum absolute atomic E-state index is 12.0. The summed E-state index contributed by atoms with van der Waals surface area (Å²) >= 11 is 0. The van der Waals surface area contributed by atoms with Gasteiger partial charge in [-0.1, -0.05) is 0 Å². The number of amides is 1. The standard InChI is InChI=1S/C17H34N4O3/c1-6-18-16(19-11-15(22)20-17(2,3)4)21-8-7-14(12-21)13-24-10-9-23-5/h14H,6-13H2,1-5H3,(H,18,19)(H,20,22). The minimum absolute atomic E-state index is 0.0588. The first-order valence-corrected chi connectivity index (χ1v) is 8.76. The Kier molecular flexibility index (Phi) is 9.07. The molecule has 24 heavy (non-hydrogen) atoms. The van der Waals surface area contributed by atoms with E-state index < -0.39 is 0 Å². The zero-order valence-corrected chi connectivity index (χ0v) is 15.9. The number of nitrogens with one attached hydrogen (secondary N) is 2. The van der Waals surface area contributed by atoms with Gasteiger partial charge in [0, 0.05) is 38.2 Å². The average molecular weight is 342 g/mol. The lowest BCUT2D eigenvalue weighted by Gasteiger charge is -2.23. The molecule has 140 valence electrons. The summed E-state index contributed by atoms with van der Waals surface area (Å²) in [6, 6.07) is 0. The summed E-state index contributed by atoms with van der Waals surface area (Å²) in [4.78, 5) is 18.6. The van der Waals surface area contributed by atoms with Crippen molar-refractivity contribution in [2.75, 3.05) is 53.1 Å². The molecule has 0 radical (unpaired) electrons. The first kappa shape index (κ1) is 20.7. The van der Waals surface area contributed by atoms with Gasteiger partial charge in [0.15, 0.2) is 5.96 Å². The summed E-state index contributed by atoms with van der Waals surface area (Å²) in [6.45, 7) is 12.7. The molecule has 0 aromatic heterocycles. The Morgan fingerprint density at radius 2 is 2.08 bits per heavy atom. The SMILES string of the molecule is CCNC(=NCC(=O)NC(C)(C)C)N1CCC(COCCOC)C1. The van der Waals surface area contributed by atoms with Crippen molar-refractivity contribution >= 4 is 11.9 Å². The van der Waals surface area contributed by atoms with Crippen molar-refractivity contribution in [1.82, 2.24) is 15.5 Å². The topological polar surface area (TPSA) is 75.2 Å². The largest absolute Gasteiger partial charge is 0.382 e. The van der Waals surface area contributed by atoms with Gasteiger partial charge in [-0.15, -0.1) is 0 Å². The number of nitrogens with zero attached hydrogens (tertiary/aromatic N) is 2. The Morgan fingerprint density at radius 3 is 2.71 bits per heavy atom. The molecular weight excluding hydrogens is 308 g/mol. The van der Waals surface area contributed by atoms with E-state index in [1.54, 1.807) is 7.11 Å². The minimum atomic E-state index is -0.233. The van der Waals surface area contributed by atoms with E-state index in [4.69, 9.17) is 9.47 Å². The summed E-state index contributed by atoms with van der Waals surface area (Å²) in [7, 11) is 1.68. The van der Waals surface area contributed by atoms with Crippen LogP contribution in [0.2, 0.25) is 0 Å². The summed E-state index contributed by atoms with van der Waals surface area (Å²) in [6.07, 6.45) is 1.07. The monoisotopic (exact) mass is 342 g/mol. The molecule has 0 aromatic carbocycles. The van der Waals surface area contributed by atoms with Crippen LogP contribution in [-0.2, 0) is 14.3 Å². The predicted molar refractivity (Wildman–Crippen MR) is 96.2 cm³/mol. The Morgan fingerprint density at radius 1 is 1.33 bits per heavy atom. The van der Waals surface area contributed by atoms with E-state index in [0.717, 1.165) is 38.6 Å². The zero-order valence-electron chi connectivity index (χ0n) is 15.9. The van der Waals surface area contributed by atoms with Crippen LogP contribution in [0.3, 0.4) is 0 Å². The smallest absolute Gasteiger partial charge is 0.242 e. The predicted octanol–water partition coefficient (Wildman–Crippen LogP) is 0.852. The third-order valence-corrected chi connectivity index (χ3v) is 3.59. The van der Waals surface area contributed by atoms with Gasteiger partial charge in [-0.3, -0.25) is 4.79 Å². The van der Waals surface area contributed by atoms with Crippen molar-refractivity contribution in [2.45, 2.75) is 39.7 Å². The minimum Gasteiger partial charge on any atom is -0.382 e. The van der Waals surface area contributed by atoms with Gasteiger partial charge in [0.1, 0.15) is 6.54 Å². The quantitative estimate of drug-likeness (QED) is 0.389. The van der Waals surface area contributed by atoms with E-state index in [9.17, 15) is 4.79 Å². The molecule has 1 atom stereocenters. The molecule has 0 bridgehead atoms. The highest BCUT2D eigenvalue weighted by molar-refractivity contribution is 5.85. The number of aliphatic imine (C=N–C) groups is 1. The normalized spacial score (nSPS) is 18.8. The molecule has 1 rings (SSSR count). The summed E-state index contributed by atoms with van der Waals surface area (Å²) in [5.41, 5.74) is -0.233. The average Bonchev–Trinajstić information content (AvgIpc) is 2.95. The number of rotatable bonds is 8. The maximum Gasteiger partial charge on any atom is 0.242 e. The Labute approximate surface area is 146 Å². The summed E-state index contributed by atoms with van der Waals surface area (Å²) < 4.78 is 10.6. The highest BCUT2D eigenvalue weighted by Gasteiger charge is 2.25. The van der Waals surface area contributed by atoms with E-state index in [2.05, 4.69) is 20.5 Å². The number of likely N-dealkylation sites (tertiary alicyclic amines) is 1. The molecule has 1 saturated heterocycles. The molecule has 7 heteroatoms. The molecule has 1 heterocycles. The third kappa shape index (κ3) is 8.49. The number of hydrogen-bond acceptors (Lipinski definition) is 4. The number of ether oxygens (including phenoxy) is 2. The molecular formula is C17H34N4O3. The second-order valence-corrected chi connectivity index (χ2v) is 7.14. The molecule has 1 unspecified atom stereocenters. The van der Waals surface area contributed by atoms with E-state index in [0.29, 0.717) is 19.1 Å². The van der Waals surface area contributed by atoms with Gasteiger partial charge >= 0.3 is 0 Å². The summed E-state index contributed by atoms with van der Waals surface area (Å²) in [5, 5.41) is 6.21. The fourth-order valence-electron chi connectivity index (χ4n) is 2.58. The third-order valence-electron chi connectivity index (χ3n) is 3.59. The van der Waals surface area contributed by atoms with Crippen LogP contribution in [0.5, 0.6) is 0 Å². The van der Waals surface area contributed by atoms with Gasteiger partial charge in [-0.2, -0.15) is 0 Å². The highest BCUT2D eigenvalue weighted by Crippen LogP contribution is 2.16. The van der Waals surface area contributed by atoms with Gasteiger partial charge < -0.3 is 25.0 Å². The molecule has 7 nitrogen and oxygen atoms in total.